The van der Waals surface area contributed by atoms with Gasteiger partial charge in [-0.2, -0.15) is 8.42 Å². The quantitative estimate of drug-likeness (QED) is 0.196. The van der Waals surface area contributed by atoms with Crippen molar-refractivity contribution in [3.63, 3.8) is 0 Å². The Morgan fingerprint density at radius 2 is 1.35 bits per heavy atom. The molecule has 0 radical (unpaired) electrons. The van der Waals surface area contributed by atoms with Gasteiger partial charge in [0.25, 0.3) is 10.1 Å². The van der Waals surface area contributed by atoms with Crippen molar-refractivity contribution in [2.75, 3.05) is 6.26 Å². The maximum absolute atomic E-state index is 11.3. The number of rotatable bonds is 16. The molecular weight excluding hydrogens is 308 g/mol. The van der Waals surface area contributed by atoms with E-state index in [2.05, 4.69) is 13.8 Å². The zero-order chi connectivity index (χ0) is 17.4. The lowest BCUT2D eigenvalue weighted by atomic mass is 10.0. The summed E-state index contributed by atoms with van der Waals surface area (Å²) in [5, 5.41) is 0. The molecule has 0 aromatic heterocycles. The SMILES string of the molecule is CCCC=CC(CCCCCCCCCCCC)OS(C)(=O)=O. The Balaban J connectivity index is 3.73. The first-order chi connectivity index (χ1) is 11.0. The fourth-order valence-corrected chi connectivity index (χ4v) is 3.26. The highest BCUT2D eigenvalue weighted by molar-refractivity contribution is 7.86. The standard InChI is InChI=1S/C19H38O3S/c1-4-6-8-9-10-11-12-13-14-16-18-19(17-15-7-5-2)22-23(3,20)21/h15,17,19H,4-14,16,18H2,1-3H3. The average Bonchev–Trinajstić information content (AvgIpc) is 2.47. The minimum atomic E-state index is -3.37. The third-order valence-corrected chi connectivity index (χ3v) is 4.54. The monoisotopic (exact) mass is 346 g/mol. The molecule has 0 amide bonds. The van der Waals surface area contributed by atoms with Crippen LogP contribution in [0.3, 0.4) is 0 Å². The van der Waals surface area contributed by atoms with Gasteiger partial charge in [-0.1, -0.05) is 96.6 Å². The van der Waals surface area contributed by atoms with E-state index in [1.807, 2.05) is 12.2 Å². The fraction of sp³-hybridized carbons (Fsp3) is 0.895. The molecule has 0 rings (SSSR count). The van der Waals surface area contributed by atoms with Crippen molar-refractivity contribution in [1.29, 1.82) is 0 Å². The summed E-state index contributed by atoms with van der Waals surface area (Å²) in [6.45, 7) is 4.36. The molecule has 0 aromatic carbocycles. The normalized spacial score (nSPS) is 13.7. The van der Waals surface area contributed by atoms with Crippen LogP contribution < -0.4 is 0 Å². The van der Waals surface area contributed by atoms with Gasteiger partial charge in [0.05, 0.1) is 12.4 Å². The molecule has 138 valence electrons. The Morgan fingerprint density at radius 1 is 0.826 bits per heavy atom. The maximum Gasteiger partial charge on any atom is 0.264 e. The lowest BCUT2D eigenvalue weighted by molar-refractivity contribution is 0.242. The van der Waals surface area contributed by atoms with Crippen LogP contribution in [0, 0.1) is 0 Å². The predicted molar refractivity (Wildman–Crippen MR) is 100 cm³/mol. The maximum atomic E-state index is 11.3. The number of unbranched alkanes of at least 4 members (excludes halogenated alkanes) is 10. The molecule has 0 bridgehead atoms. The van der Waals surface area contributed by atoms with Crippen molar-refractivity contribution in [3.05, 3.63) is 12.2 Å². The largest absolute Gasteiger partial charge is 0.264 e. The van der Waals surface area contributed by atoms with E-state index in [1.165, 1.54) is 57.8 Å². The minimum Gasteiger partial charge on any atom is -0.263 e. The van der Waals surface area contributed by atoms with Crippen LogP contribution in [0.5, 0.6) is 0 Å². The molecule has 23 heavy (non-hydrogen) atoms. The molecule has 3 nitrogen and oxygen atoms in total. The first kappa shape index (κ1) is 22.6. The van der Waals surface area contributed by atoms with Gasteiger partial charge >= 0.3 is 0 Å². The molecule has 0 aliphatic carbocycles. The Labute approximate surface area is 145 Å². The number of hydrogen-bond donors (Lipinski definition) is 0. The highest BCUT2D eigenvalue weighted by Crippen LogP contribution is 2.14. The van der Waals surface area contributed by atoms with Crippen LogP contribution >= 0.6 is 0 Å². The third kappa shape index (κ3) is 17.8. The predicted octanol–water partition coefficient (Wildman–Crippen LogP) is 6.00. The first-order valence-corrected chi connectivity index (χ1v) is 11.4. The molecule has 0 fully saturated rings. The topological polar surface area (TPSA) is 43.4 Å². The van der Waals surface area contributed by atoms with E-state index in [4.69, 9.17) is 4.18 Å². The molecule has 4 heteroatoms. The van der Waals surface area contributed by atoms with Gasteiger partial charge in [-0.3, -0.25) is 4.18 Å². The van der Waals surface area contributed by atoms with Crippen LogP contribution in [0.1, 0.15) is 97.3 Å². The summed E-state index contributed by atoms with van der Waals surface area (Å²) in [6, 6.07) is 0. The van der Waals surface area contributed by atoms with Crippen LogP contribution in [0.25, 0.3) is 0 Å². The van der Waals surface area contributed by atoms with Crippen molar-refractivity contribution in [2.24, 2.45) is 0 Å². The lowest BCUT2D eigenvalue weighted by Gasteiger charge is -2.12. The van der Waals surface area contributed by atoms with Crippen LogP contribution in [-0.2, 0) is 14.3 Å². The second kappa shape index (κ2) is 15.2. The highest BCUT2D eigenvalue weighted by atomic mass is 32.2. The fourth-order valence-electron chi connectivity index (χ4n) is 2.65. The van der Waals surface area contributed by atoms with E-state index >= 15 is 0 Å². The Kier molecular flexibility index (Phi) is 15.0. The summed E-state index contributed by atoms with van der Waals surface area (Å²) >= 11 is 0. The van der Waals surface area contributed by atoms with Gasteiger partial charge in [0.2, 0.25) is 0 Å². The molecule has 0 N–H and O–H groups in total. The first-order valence-electron chi connectivity index (χ1n) is 9.54. The molecule has 0 spiro atoms. The van der Waals surface area contributed by atoms with E-state index in [0.29, 0.717) is 0 Å². The molecular formula is C19H38O3S. The summed E-state index contributed by atoms with van der Waals surface area (Å²) in [5.74, 6) is 0. The van der Waals surface area contributed by atoms with Crippen molar-refractivity contribution < 1.29 is 12.6 Å². The zero-order valence-corrected chi connectivity index (χ0v) is 16.4. The van der Waals surface area contributed by atoms with Crippen LogP contribution in [0.2, 0.25) is 0 Å². The summed E-state index contributed by atoms with van der Waals surface area (Å²) in [4.78, 5) is 0. The van der Waals surface area contributed by atoms with Crippen LogP contribution in [-0.4, -0.2) is 20.8 Å². The number of hydrogen-bond acceptors (Lipinski definition) is 3. The van der Waals surface area contributed by atoms with Gasteiger partial charge in [-0.15, -0.1) is 0 Å². The van der Waals surface area contributed by atoms with E-state index in [1.54, 1.807) is 0 Å². The van der Waals surface area contributed by atoms with Gasteiger partial charge < -0.3 is 0 Å². The molecule has 0 aliphatic heterocycles. The van der Waals surface area contributed by atoms with Gasteiger partial charge in [0.1, 0.15) is 0 Å². The van der Waals surface area contributed by atoms with Crippen LogP contribution in [0.15, 0.2) is 12.2 Å². The Morgan fingerprint density at radius 3 is 1.83 bits per heavy atom. The summed E-state index contributed by atoms with van der Waals surface area (Å²) in [7, 11) is -3.37. The molecule has 1 unspecified atom stereocenters. The second-order valence-electron chi connectivity index (χ2n) is 6.53. The van der Waals surface area contributed by atoms with Gasteiger partial charge in [0.15, 0.2) is 0 Å². The summed E-state index contributed by atoms with van der Waals surface area (Å²) in [6.07, 6.45) is 20.5. The summed E-state index contributed by atoms with van der Waals surface area (Å²) < 4.78 is 27.8. The van der Waals surface area contributed by atoms with E-state index in [0.717, 1.165) is 31.9 Å². The van der Waals surface area contributed by atoms with Crippen molar-refractivity contribution in [3.8, 4) is 0 Å². The van der Waals surface area contributed by atoms with Crippen molar-refractivity contribution in [2.45, 2.75) is 103 Å². The van der Waals surface area contributed by atoms with Gasteiger partial charge in [-0.05, 0) is 12.8 Å². The van der Waals surface area contributed by atoms with E-state index < -0.39 is 10.1 Å². The third-order valence-electron chi connectivity index (χ3n) is 3.95. The Bertz CT molecular complexity index is 374. The molecule has 1 atom stereocenters. The molecule has 0 saturated heterocycles. The smallest absolute Gasteiger partial charge is 0.263 e. The van der Waals surface area contributed by atoms with Crippen molar-refractivity contribution in [1.82, 2.24) is 0 Å². The highest BCUT2D eigenvalue weighted by Gasteiger charge is 2.12. The zero-order valence-electron chi connectivity index (χ0n) is 15.6. The number of allylic oxidation sites excluding steroid dienone is 1. The molecule has 0 saturated carbocycles. The lowest BCUT2D eigenvalue weighted by Crippen LogP contribution is -2.15. The van der Waals surface area contributed by atoms with Gasteiger partial charge in [-0.25, -0.2) is 0 Å². The van der Waals surface area contributed by atoms with E-state index in [-0.39, 0.29) is 6.10 Å². The molecule has 0 heterocycles. The summed E-state index contributed by atoms with van der Waals surface area (Å²) in [5.41, 5.74) is 0. The van der Waals surface area contributed by atoms with Crippen LogP contribution in [0.4, 0.5) is 0 Å². The minimum absolute atomic E-state index is 0.286. The van der Waals surface area contributed by atoms with E-state index in [9.17, 15) is 8.42 Å². The van der Waals surface area contributed by atoms with Crippen molar-refractivity contribution >= 4 is 10.1 Å². The molecule has 0 aromatic rings. The molecule has 0 aliphatic rings. The second-order valence-corrected chi connectivity index (χ2v) is 8.13. The van der Waals surface area contributed by atoms with Gasteiger partial charge in [0, 0.05) is 0 Å². The Hall–Kier alpha value is -0.350. The average molecular weight is 347 g/mol.